The first-order valence-corrected chi connectivity index (χ1v) is 9.14. The first kappa shape index (κ1) is 19.7. The predicted octanol–water partition coefficient (Wildman–Crippen LogP) is 0.324. The smallest absolute Gasteiger partial charge is 0.321 e. The van der Waals surface area contributed by atoms with Crippen LogP contribution in [0, 0.1) is 0 Å². The van der Waals surface area contributed by atoms with E-state index < -0.39 is 18.0 Å². The van der Waals surface area contributed by atoms with Crippen molar-refractivity contribution in [1.82, 2.24) is 20.4 Å². The molecule has 1 saturated carbocycles. The summed E-state index contributed by atoms with van der Waals surface area (Å²) in [7, 11) is 1.71. The third kappa shape index (κ3) is 6.28. The molecule has 1 saturated heterocycles. The highest BCUT2D eigenvalue weighted by Crippen LogP contribution is 2.17. The largest absolute Gasteiger partial charge is 0.378 e. The summed E-state index contributed by atoms with van der Waals surface area (Å²) in [6.45, 7) is 4.09. The molecule has 0 spiro atoms. The Morgan fingerprint density at radius 2 is 1.80 bits per heavy atom. The maximum absolute atomic E-state index is 12.2. The van der Waals surface area contributed by atoms with Crippen LogP contribution in [0.5, 0.6) is 0 Å². The van der Waals surface area contributed by atoms with Crippen molar-refractivity contribution in [2.45, 2.75) is 51.1 Å². The summed E-state index contributed by atoms with van der Waals surface area (Å²) in [6.07, 6.45) is 5.36. The van der Waals surface area contributed by atoms with E-state index >= 15 is 0 Å². The second-order valence-electron chi connectivity index (χ2n) is 6.88. The van der Waals surface area contributed by atoms with Gasteiger partial charge in [0, 0.05) is 19.1 Å². The Morgan fingerprint density at radius 1 is 1.16 bits per heavy atom. The number of urea groups is 1. The normalized spacial score (nSPS) is 20.2. The van der Waals surface area contributed by atoms with Gasteiger partial charge in [0.1, 0.15) is 0 Å². The van der Waals surface area contributed by atoms with Crippen LogP contribution in [0.1, 0.15) is 39.0 Å². The molecule has 25 heavy (non-hydrogen) atoms. The number of imide groups is 1. The number of nitrogens with one attached hydrogen (secondary N) is 2. The molecule has 0 radical (unpaired) electrons. The van der Waals surface area contributed by atoms with E-state index in [-0.39, 0.29) is 18.5 Å². The number of nitrogens with zero attached hydrogens (tertiary/aromatic N) is 2. The Balaban J connectivity index is 1.73. The average Bonchev–Trinajstić information content (AvgIpc) is 2.62. The topological polar surface area (TPSA) is 91.0 Å². The van der Waals surface area contributed by atoms with Crippen molar-refractivity contribution in [3.63, 3.8) is 0 Å². The van der Waals surface area contributed by atoms with Crippen molar-refractivity contribution in [3.8, 4) is 0 Å². The summed E-state index contributed by atoms with van der Waals surface area (Å²) in [5, 5.41) is 5.24. The molecule has 8 nitrogen and oxygen atoms in total. The number of carbonyl (C=O) groups excluding carboxylic acids is 3. The SMILES string of the molecule is C[C@H](C(=O)NC(=O)NC1CCCCC1)N(C)CC(=O)N1CCOCC1. The fourth-order valence-electron chi connectivity index (χ4n) is 3.15. The van der Waals surface area contributed by atoms with Gasteiger partial charge in [-0.05, 0) is 26.8 Å². The lowest BCUT2D eigenvalue weighted by Crippen LogP contribution is -2.53. The van der Waals surface area contributed by atoms with E-state index in [0.29, 0.717) is 26.3 Å². The fraction of sp³-hybridized carbons (Fsp3) is 0.824. The number of ether oxygens (including phenoxy) is 1. The van der Waals surface area contributed by atoms with Gasteiger partial charge in [0.25, 0.3) is 0 Å². The zero-order valence-corrected chi connectivity index (χ0v) is 15.3. The minimum absolute atomic E-state index is 0.0305. The standard InChI is InChI=1S/C17H30N4O4/c1-13(20(2)12-15(22)21-8-10-25-11-9-21)16(23)19-17(24)18-14-6-4-3-5-7-14/h13-14H,3-12H2,1-2H3,(H2,18,19,23,24)/t13-/m1/s1. The van der Waals surface area contributed by atoms with Crippen LogP contribution in [0.2, 0.25) is 0 Å². The Hall–Kier alpha value is -1.67. The molecular weight excluding hydrogens is 324 g/mol. The third-order valence-electron chi connectivity index (χ3n) is 4.97. The van der Waals surface area contributed by atoms with E-state index in [0.717, 1.165) is 25.7 Å². The summed E-state index contributed by atoms with van der Waals surface area (Å²) in [4.78, 5) is 39.8. The number of carbonyl (C=O) groups is 3. The number of hydrogen-bond donors (Lipinski definition) is 2. The Kier molecular flexibility index (Phi) is 7.64. The molecule has 2 N–H and O–H groups in total. The lowest BCUT2D eigenvalue weighted by molar-refractivity contribution is -0.137. The summed E-state index contributed by atoms with van der Waals surface area (Å²) in [6, 6.07) is -0.865. The number of rotatable bonds is 5. The molecule has 0 aromatic heterocycles. The minimum Gasteiger partial charge on any atom is -0.378 e. The van der Waals surface area contributed by atoms with Crippen molar-refractivity contribution in [1.29, 1.82) is 0 Å². The fourth-order valence-corrected chi connectivity index (χ4v) is 3.15. The first-order chi connectivity index (χ1) is 12.0. The Labute approximate surface area is 149 Å². The summed E-state index contributed by atoms with van der Waals surface area (Å²) in [5.74, 6) is -0.428. The van der Waals surface area contributed by atoms with E-state index in [2.05, 4.69) is 10.6 Å². The second-order valence-corrected chi connectivity index (χ2v) is 6.88. The van der Waals surface area contributed by atoms with E-state index in [4.69, 9.17) is 4.74 Å². The molecular formula is C17H30N4O4. The molecule has 0 bridgehead atoms. The summed E-state index contributed by atoms with van der Waals surface area (Å²) in [5.41, 5.74) is 0. The minimum atomic E-state index is -0.568. The van der Waals surface area contributed by atoms with Crippen LogP contribution in [0.4, 0.5) is 4.79 Å². The molecule has 4 amide bonds. The van der Waals surface area contributed by atoms with Crippen LogP contribution in [0.15, 0.2) is 0 Å². The van der Waals surface area contributed by atoms with Crippen LogP contribution >= 0.6 is 0 Å². The van der Waals surface area contributed by atoms with Gasteiger partial charge in [0.15, 0.2) is 0 Å². The molecule has 1 aliphatic heterocycles. The van der Waals surface area contributed by atoms with Gasteiger partial charge in [-0.15, -0.1) is 0 Å². The van der Waals surface area contributed by atoms with E-state index in [1.807, 2.05) is 0 Å². The molecule has 1 heterocycles. The molecule has 2 fully saturated rings. The number of likely N-dealkylation sites (N-methyl/N-ethyl adjacent to an activating group) is 1. The molecule has 0 unspecified atom stereocenters. The summed E-state index contributed by atoms with van der Waals surface area (Å²) < 4.78 is 5.23. The molecule has 8 heteroatoms. The van der Waals surface area contributed by atoms with Crippen molar-refractivity contribution in [2.75, 3.05) is 39.9 Å². The zero-order valence-electron chi connectivity index (χ0n) is 15.3. The maximum atomic E-state index is 12.2. The van der Waals surface area contributed by atoms with Gasteiger partial charge < -0.3 is 15.0 Å². The molecule has 0 aromatic rings. The third-order valence-corrected chi connectivity index (χ3v) is 4.97. The van der Waals surface area contributed by atoms with Crippen molar-refractivity contribution in [3.05, 3.63) is 0 Å². The van der Waals surface area contributed by atoms with Crippen LogP contribution in [0.25, 0.3) is 0 Å². The molecule has 142 valence electrons. The van der Waals surface area contributed by atoms with Gasteiger partial charge >= 0.3 is 6.03 Å². The first-order valence-electron chi connectivity index (χ1n) is 9.14. The van der Waals surface area contributed by atoms with E-state index in [1.165, 1.54) is 6.42 Å². The zero-order chi connectivity index (χ0) is 18.2. The van der Waals surface area contributed by atoms with Crippen LogP contribution in [-0.4, -0.2) is 79.6 Å². The Morgan fingerprint density at radius 3 is 2.44 bits per heavy atom. The van der Waals surface area contributed by atoms with Crippen LogP contribution in [0.3, 0.4) is 0 Å². The molecule has 2 rings (SSSR count). The lowest BCUT2D eigenvalue weighted by atomic mass is 9.96. The quantitative estimate of drug-likeness (QED) is 0.742. The maximum Gasteiger partial charge on any atom is 0.321 e. The highest BCUT2D eigenvalue weighted by atomic mass is 16.5. The van der Waals surface area contributed by atoms with Gasteiger partial charge in [0.05, 0.1) is 25.8 Å². The second kappa shape index (κ2) is 9.72. The van der Waals surface area contributed by atoms with E-state index in [9.17, 15) is 14.4 Å². The molecule has 1 atom stereocenters. The average molecular weight is 354 g/mol. The molecule has 0 aromatic carbocycles. The van der Waals surface area contributed by atoms with Gasteiger partial charge in [-0.3, -0.25) is 19.8 Å². The Bertz CT molecular complexity index is 473. The van der Waals surface area contributed by atoms with Crippen LogP contribution < -0.4 is 10.6 Å². The molecule has 2 aliphatic rings. The van der Waals surface area contributed by atoms with Crippen molar-refractivity contribution < 1.29 is 19.1 Å². The van der Waals surface area contributed by atoms with E-state index in [1.54, 1.807) is 23.8 Å². The van der Waals surface area contributed by atoms with Crippen molar-refractivity contribution in [2.24, 2.45) is 0 Å². The highest BCUT2D eigenvalue weighted by Gasteiger charge is 2.25. The van der Waals surface area contributed by atoms with Gasteiger partial charge in [-0.25, -0.2) is 4.79 Å². The number of hydrogen-bond acceptors (Lipinski definition) is 5. The summed E-state index contributed by atoms with van der Waals surface area (Å²) >= 11 is 0. The van der Waals surface area contributed by atoms with Crippen molar-refractivity contribution >= 4 is 17.8 Å². The lowest BCUT2D eigenvalue weighted by Gasteiger charge is -2.30. The van der Waals surface area contributed by atoms with Gasteiger partial charge in [0.2, 0.25) is 11.8 Å². The van der Waals surface area contributed by atoms with Crippen LogP contribution in [-0.2, 0) is 14.3 Å². The van der Waals surface area contributed by atoms with Gasteiger partial charge in [-0.1, -0.05) is 19.3 Å². The number of morpholine rings is 1. The molecule has 1 aliphatic carbocycles. The highest BCUT2D eigenvalue weighted by molar-refractivity contribution is 5.97. The number of amides is 4. The van der Waals surface area contributed by atoms with Gasteiger partial charge in [-0.2, -0.15) is 0 Å². The monoisotopic (exact) mass is 354 g/mol. The predicted molar refractivity (Wildman–Crippen MR) is 93.0 cm³/mol.